The molecule has 3 radical (unpaired) electrons. The van der Waals surface area contributed by atoms with Gasteiger partial charge >= 0.3 is 0 Å². The fourth-order valence-corrected chi connectivity index (χ4v) is 3.33. The van der Waals surface area contributed by atoms with Gasteiger partial charge in [0.15, 0.2) is 0 Å². The summed E-state index contributed by atoms with van der Waals surface area (Å²) < 4.78 is 0. The van der Waals surface area contributed by atoms with Gasteiger partial charge in [-0.2, -0.15) is 0 Å². The second-order valence-corrected chi connectivity index (χ2v) is 5.90. The molecule has 0 N–H and O–H groups in total. The summed E-state index contributed by atoms with van der Waals surface area (Å²) >= 11 is 2.04. The largest absolute Gasteiger partial charge is 0.287 e. The Labute approximate surface area is 112 Å². The summed E-state index contributed by atoms with van der Waals surface area (Å²) in [6.07, 6.45) is 5.80. The number of thioether (sulfide) groups is 1. The summed E-state index contributed by atoms with van der Waals surface area (Å²) in [6, 6.07) is 11.6. The second-order valence-electron chi connectivity index (χ2n) is 4.17. The van der Waals surface area contributed by atoms with E-state index in [2.05, 4.69) is 57.6 Å². The monoisotopic (exact) mass is 260 g/mol. The summed E-state index contributed by atoms with van der Waals surface area (Å²) in [5.41, 5.74) is 1.29. The first-order valence-electron chi connectivity index (χ1n) is 6.13. The number of hydrogen-bond donors (Lipinski definition) is 0. The first-order valence-corrected chi connectivity index (χ1v) is 7.89. The zero-order chi connectivity index (χ0) is 11.9. The average molecular weight is 260 g/mol. The highest BCUT2D eigenvalue weighted by molar-refractivity contribution is 8.00. The van der Waals surface area contributed by atoms with Crippen LogP contribution in [-0.4, -0.2) is 39.4 Å². The van der Waals surface area contributed by atoms with E-state index >= 15 is 0 Å². The molecule has 0 bridgehead atoms. The number of rotatable bonds is 5. The molecule has 17 heavy (non-hydrogen) atoms. The third kappa shape index (κ3) is 4.02. The molecule has 1 atom stereocenters. The number of hydrogen-bond acceptors (Lipinski definition) is 2. The fraction of sp³-hybridized carbons (Fsp3) is 0.429. The Kier molecular flexibility index (Phi) is 5.36. The molecular formula is C14H18NSSi. The molecule has 0 saturated carbocycles. The Morgan fingerprint density at radius 3 is 2.94 bits per heavy atom. The van der Waals surface area contributed by atoms with Gasteiger partial charge in [0.2, 0.25) is 0 Å². The Morgan fingerprint density at radius 2 is 2.18 bits per heavy atom. The lowest BCUT2D eigenvalue weighted by molar-refractivity contribution is 0.317. The minimum absolute atomic E-state index is 0.563. The van der Waals surface area contributed by atoms with Crippen molar-refractivity contribution in [2.75, 3.05) is 18.8 Å². The highest BCUT2D eigenvalue weighted by Crippen LogP contribution is 2.25. The molecule has 1 nitrogen and oxygen atoms in total. The molecule has 89 valence electrons. The molecule has 3 heteroatoms. The van der Waals surface area contributed by atoms with E-state index in [0.29, 0.717) is 5.37 Å². The van der Waals surface area contributed by atoms with Crippen molar-refractivity contribution in [3.8, 4) is 0 Å². The zero-order valence-electron chi connectivity index (χ0n) is 10.0. The van der Waals surface area contributed by atoms with Gasteiger partial charge in [-0.25, -0.2) is 0 Å². The molecule has 1 aliphatic heterocycles. The quantitative estimate of drug-likeness (QED) is 0.749. The van der Waals surface area contributed by atoms with Gasteiger partial charge in [0.05, 0.1) is 5.37 Å². The van der Waals surface area contributed by atoms with Crippen molar-refractivity contribution in [2.24, 2.45) is 0 Å². The van der Waals surface area contributed by atoms with Crippen LogP contribution in [0.5, 0.6) is 0 Å². The molecule has 1 heterocycles. The molecule has 1 fully saturated rings. The van der Waals surface area contributed by atoms with Crippen LogP contribution in [-0.2, 0) is 0 Å². The van der Waals surface area contributed by atoms with Crippen molar-refractivity contribution >= 4 is 28.1 Å². The standard InChI is InChI=1S/C14H18NSSi/c17-12-4-9-15-10-11-16-14(15)8-7-13-5-2-1-3-6-13/h1-3,5-8,14H,4,9-12H2/b8-7+. The van der Waals surface area contributed by atoms with E-state index < -0.39 is 0 Å². The smallest absolute Gasteiger partial charge is 0.0748 e. The average Bonchev–Trinajstić information content (AvgIpc) is 2.82. The van der Waals surface area contributed by atoms with Crippen LogP contribution < -0.4 is 0 Å². The van der Waals surface area contributed by atoms with E-state index in [1.54, 1.807) is 0 Å². The molecule has 1 aliphatic rings. The van der Waals surface area contributed by atoms with Crippen LogP contribution in [0.2, 0.25) is 6.04 Å². The summed E-state index contributed by atoms with van der Waals surface area (Å²) in [4.78, 5) is 2.56. The molecule has 0 amide bonds. The van der Waals surface area contributed by atoms with E-state index in [1.165, 1.54) is 30.8 Å². The van der Waals surface area contributed by atoms with Gasteiger partial charge in [0, 0.05) is 22.5 Å². The highest BCUT2D eigenvalue weighted by Gasteiger charge is 2.21. The normalized spacial score (nSPS) is 21.4. The third-order valence-electron chi connectivity index (χ3n) is 2.90. The summed E-state index contributed by atoms with van der Waals surface area (Å²) in [7, 11) is 3.55. The summed E-state index contributed by atoms with van der Waals surface area (Å²) in [5.74, 6) is 1.26. The third-order valence-corrected chi connectivity index (χ3v) is 4.47. The molecule has 1 unspecified atom stereocenters. The van der Waals surface area contributed by atoms with E-state index in [-0.39, 0.29) is 0 Å². The zero-order valence-corrected chi connectivity index (χ0v) is 11.8. The molecule has 1 aromatic carbocycles. The van der Waals surface area contributed by atoms with E-state index in [0.717, 1.165) is 6.04 Å². The van der Waals surface area contributed by atoms with Gasteiger partial charge in [0.25, 0.3) is 0 Å². The van der Waals surface area contributed by atoms with Crippen LogP contribution in [0.3, 0.4) is 0 Å². The van der Waals surface area contributed by atoms with E-state index in [4.69, 9.17) is 0 Å². The molecule has 0 spiro atoms. The number of nitrogens with zero attached hydrogens (tertiary/aromatic N) is 1. The highest BCUT2D eigenvalue weighted by atomic mass is 32.2. The molecular weight excluding hydrogens is 242 g/mol. The molecule has 0 aliphatic carbocycles. The molecule has 1 saturated heterocycles. The molecule has 2 rings (SSSR count). The lowest BCUT2D eigenvalue weighted by Gasteiger charge is -2.20. The van der Waals surface area contributed by atoms with Crippen molar-refractivity contribution in [2.45, 2.75) is 17.8 Å². The van der Waals surface area contributed by atoms with Crippen molar-refractivity contribution in [1.29, 1.82) is 0 Å². The van der Waals surface area contributed by atoms with E-state index in [1.807, 2.05) is 11.8 Å². The Morgan fingerprint density at radius 1 is 1.35 bits per heavy atom. The minimum atomic E-state index is 0.563. The number of benzene rings is 1. The summed E-state index contributed by atoms with van der Waals surface area (Å²) in [6.45, 7) is 2.42. The van der Waals surface area contributed by atoms with Gasteiger partial charge in [-0.15, -0.1) is 11.8 Å². The van der Waals surface area contributed by atoms with Crippen LogP contribution in [0.4, 0.5) is 0 Å². The minimum Gasteiger partial charge on any atom is -0.287 e. The van der Waals surface area contributed by atoms with Crippen molar-refractivity contribution in [1.82, 2.24) is 4.90 Å². The Bertz CT molecular complexity index is 352. The Hall–Kier alpha value is -0.513. The van der Waals surface area contributed by atoms with Crippen LogP contribution in [0.15, 0.2) is 36.4 Å². The van der Waals surface area contributed by atoms with Gasteiger partial charge < -0.3 is 0 Å². The lowest BCUT2D eigenvalue weighted by atomic mass is 10.2. The lowest BCUT2D eigenvalue weighted by Crippen LogP contribution is -2.27. The van der Waals surface area contributed by atoms with Crippen molar-refractivity contribution in [3.05, 3.63) is 42.0 Å². The SMILES string of the molecule is [Si]CCCN1CCSC1/C=C/c1ccccc1. The van der Waals surface area contributed by atoms with Gasteiger partial charge in [-0.1, -0.05) is 48.5 Å². The second kappa shape index (κ2) is 7.04. The Balaban J connectivity index is 1.91. The topological polar surface area (TPSA) is 3.24 Å². The van der Waals surface area contributed by atoms with Crippen LogP contribution in [0.25, 0.3) is 6.08 Å². The first-order chi connectivity index (χ1) is 8.40. The van der Waals surface area contributed by atoms with Gasteiger partial charge in [0.1, 0.15) is 0 Å². The van der Waals surface area contributed by atoms with Gasteiger partial charge in [-0.3, -0.25) is 4.90 Å². The van der Waals surface area contributed by atoms with Crippen LogP contribution >= 0.6 is 11.8 Å². The predicted octanol–water partition coefficient (Wildman–Crippen LogP) is 3.05. The van der Waals surface area contributed by atoms with Crippen LogP contribution in [0.1, 0.15) is 12.0 Å². The van der Waals surface area contributed by atoms with Crippen LogP contribution in [0, 0.1) is 0 Å². The van der Waals surface area contributed by atoms with Crippen molar-refractivity contribution in [3.63, 3.8) is 0 Å². The molecule has 0 aromatic heterocycles. The molecule has 1 aromatic rings. The van der Waals surface area contributed by atoms with Crippen molar-refractivity contribution < 1.29 is 0 Å². The van der Waals surface area contributed by atoms with E-state index in [9.17, 15) is 0 Å². The maximum atomic E-state index is 3.55. The van der Waals surface area contributed by atoms with Gasteiger partial charge in [-0.05, 0) is 18.5 Å². The fourth-order valence-electron chi connectivity index (χ4n) is 1.98. The summed E-state index contributed by atoms with van der Waals surface area (Å²) in [5, 5.41) is 0.563. The first kappa shape index (κ1) is 12.9. The maximum absolute atomic E-state index is 3.55. The predicted molar refractivity (Wildman–Crippen MR) is 78.5 cm³/mol. The maximum Gasteiger partial charge on any atom is 0.0748 e.